The molecular weight excluding hydrogens is 198 g/mol. The van der Waals surface area contributed by atoms with Crippen molar-refractivity contribution in [2.24, 2.45) is 5.41 Å². The number of anilines is 1. The van der Waals surface area contributed by atoms with Crippen LogP contribution in [-0.4, -0.2) is 15.6 Å². The molecule has 0 aliphatic heterocycles. The molecule has 1 N–H and O–H groups in total. The number of rotatable bonds is 5. The maximum absolute atomic E-state index is 4.37. The van der Waals surface area contributed by atoms with Crippen molar-refractivity contribution in [1.29, 1.82) is 0 Å². The maximum Gasteiger partial charge on any atom is 0.202 e. The van der Waals surface area contributed by atoms with Crippen LogP contribution in [0.1, 0.15) is 47.5 Å². The van der Waals surface area contributed by atoms with E-state index in [-0.39, 0.29) is 5.41 Å². The first-order chi connectivity index (χ1) is 7.45. The Balaban J connectivity index is 2.63. The number of unbranched alkanes of at least 4 members (excludes halogenated alkanes) is 1. The van der Waals surface area contributed by atoms with Crippen molar-refractivity contribution >= 4 is 5.95 Å². The summed E-state index contributed by atoms with van der Waals surface area (Å²) >= 11 is 0. The average Bonchev–Trinajstić information content (AvgIpc) is 2.61. The van der Waals surface area contributed by atoms with Gasteiger partial charge in [0, 0.05) is 25.0 Å². The molecule has 1 unspecified atom stereocenters. The second-order valence-corrected chi connectivity index (χ2v) is 5.53. The predicted molar refractivity (Wildman–Crippen MR) is 69.7 cm³/mol. The molecular formula is C13H25N3. The molecule has 0 aliphatic carbocycles. The third kappa shape index (κ3) is 3.54. The maximum atomic E-state index is 4.37. The van der Waals surface area contributed by atoms with E-state index in [1.807, 2.05) is 12.4 Å². The molecule has 1 atom stereocenters. The van der Waals surface area contributed by atoms with Crippen LogP contribution in [0.15, 0.2) is 12.4 Å². The molecule has 0 saturated heterocycles. The van der Waals surface area contributed by atoms with Crippen LogP contribution in [0.4, 0.5) is 5.95 Å². The number of hydrogen-bond acceptors (Lipinski definition) is 2. The number of nitrogens with one attached hydrogen (secondary N) is 1. The highest BCUT2D eigenvalue weighted by atomic mass is 15.2. The number of nitrogens with zero attached hydrogens (tertiary/aromatic N) is 2. The highest BCUT2D eigenvalue weighted by Crippen LogP contribution is 2.22. The smallest absolute Gasteiger partial charge is 0.202 e. The lowest BCUT2D eigenvalue weighted by Gasteiger charge is -2.28. The molecule has 0 amide bonds. The van der Waals surface area contributed by atoms with Crippen molar-refractivity contribution in [3.63, 3.8) is 0 Å². The van der Waals surface area contributed by atoms with Crippen LogP contribution in [0, 0.1) is 5.41 Å². The molecule has 1 heterocycles. The summed E-state index contributed by atoms with van der Waals surface area (Å²) in [6, 6.07) is 0.412. The first-order valence-electron chi connectivity index (χ1n) is 6.22. The van der Waals surface area contributed by atoms with Crippen LogP contribution in [0.25, 0.3) is 0 Å². The standard InChI is InChI=1S/C13H25N3/c1-6-7-9-16-10-8-14-12(16)15-11(2)13(3,4)5/h8,10-11H,6-7,9H2,1-5H3,(H,14,15). The molecule has 0 bridgehead atoms. The van der Waals surface area contributed by atoms with Crippen molar-refractivity contribution < 1.29 is 0 Å². The molecule has 1 aromatic heterocycles. The Bertz CT molecular complexity index is 309. The third-order valence-corrected chi connectivity index (χ3v) is 3.11. The second kappa shape index (κ2) is 5.37. The van der Waals surface area contributed by atoms with Gasteiger partial charge in [-0.1, -0.05) is 34.1 Å². The van der Waals surface area contributed by atoms with Gasteiger partial charge in [-0.05, 0) is 18.8 Å². The van der Waals surface area contributed by atoms with Crippen molar-refractivity contribution in [2.75, 3.05) is 5.32 Å². The van der Waals surface area contributed by atoms with Gasteiger partial charge in [0.05, 0.1) is 0 Å². The Kier molecular flexibility index (Phi) is 4.39. The van der Waals surface area contributed by atoms with Gasteiger partial charge in [0.1, 0.15) is 0 Å². The quantitative estimate of drug-likeness (QED) is 0.827. The molecule has 0 saturated carbocycles. The van der Waals surface area contributed by atoms with E-state index in [1.165, 1.54) is 12.8 Å². The summed E-state index contributed by atoms with van der Waals surface area (Å²) < 4.78 is 2.20. The van der Waals surface area contributed by atoms with Gasteiger partial charge in [0.2, 0.25) is 5.95 Å². The molecule has 3 heteroatoms. The van der Waals surface area contributed by atoms with E-state index in [1.54, 1.807) is 0 Å². The van der Waals surface area contributed by atoms with Crippen molar-refractivity contribution in [1.82, 2.24) is 9.55 Å². The predicted octanol–water partition coefficient (Wildman–Crippen LogP) is 3.53. The van der Waals surface area contributed by atoms with Gasteiger partial charge in [0.25, 0.3) is 0 Å². The Morgan fingerprint density at radius 1 is 1.44 bits per heavy atom. The molecule has 1 aromatic rings. The minimum absolute atomic E-state index is 0.252. The summed E-state index contributed by atoms with van der Waals surface area (Å²) in [5, 5.41) is 3.49. The minimum atomic E-state index is 0.252. The summed E-state index contributed by atoms with van der Waals surface area (Å²) in [4.78, 5) is 4.37. The fourth-order valence-electron chi connectivity index (χ4n) is 1.37. The molecule has 0 aromatic carbocycles. The van der Waals surface area contributed by atoms with E-state index >= 15 is 0 Å². The average molecular weight is 223 g/mol. The van der Waals surface area contributed by atoms with Gasteiger partial charge in [-0.2, -0.15) is 0 Å². The zero-order valence-electron chi connectivity index (χ0n) is 11.2. The molecule has 1 rings (SSSR count). The van der Waals surface area contributed by atoms with Gasteiger partial charge < -0.3 is 9.88 Å². The highest BCUT2D eigenvalue weighted by molar-refractivity contribution is 5.28. The van der Waals surface area contributed by atoms with Crippen LogP contribution in [0.2, 0.25) is 0 Å². The monoisotopic (exact) mass is 223 g/mol. The normalized spacial score (nSPS) is 13.8. The third-order valence-electron chi connectivity index (χ3n) is 3.11. The molecule has 92 valence electrons. The van der Waals surface area contributed by atoms with E-state index in [9.17, 15) is 0 Å². The number of hydrogen-bond donors (Lipinski definition) is 1. The Labute approximate surface area is 99.3 Å². The Morgan fingerprint density at radius 2 is 2.12 bits per heavy atom. The lowest BCUT2D eigenvalue weighted by atomic mass is 9.88. The van der Waals surface area contributed by atoms with E-state index in [4.69, 9.17) is 0 Å². The van der Waals surface area contributed by atoms with E-state index in [0.29, 0.717) is 6.04 Å². The van der Waals surface area contributed by atoms with Crippen LogP contribution in [0.3, 0.4) is 0 Å². The van der Waals surface area contributed by atoms with Crippen molar-refractivity contribution in [3.8, 4) is 0 Å². The van der Waals surface area contributed by atoms with Gasteiger partial charge in [-0.3, -0.25) is 0 Å². The summed E-state index contributed by atoms with van der Waals surface area (Å²) in [6.45, 7) is 12.2. The Morgan fingerprint density at radius 3 is 2.69 bits per heavy atom. The summed E-state index contributed by atoms with van der Waals surface area (Å²) in [6.07, 6.45) is 6.34. The fourth-order valence-corrected chi connectivity index (χ4v) is 1.37. The van der Waals surface area contributed by atoms with Gasteiger partial charge in [0.15, 0.2) is 0 Å². The summed E-state index contributed by atoms with van der Waals surface area (Å²) in [5.41, 5.74) is 0.252. The first-order valence-corrected chi connectivity index (χ1v) is 6.22. The molecule has 3 nitrogen and oxygen atoms in total. The van der Waals surface area contributed by atoms with Crippen LogP contribution in [-0.2, 0) is 6.54 Å². The summed E-state index contributed by atoms with van der Waals surface area (Å²) in [7, 11) is 0. The first kappa shape index (κ1) is 13.1. The zero-order chi connectivity index (χ0) is 12.2. The number of aryl methyl sites for hydroxylation is 1. The lowest BCUT2D eigenvalue weighted by Crippen LogP contribution is -2.32. The largest absolute Gasteiger partial charge is 0.353 e. The second-order valence-electron chi connectivity index (χ2n) is 5.53. The van der Waals surface area contributed by atoms with Crippen molar-refractivity contribution in [2.45, 2.75) is 60.0 Å². The minimum Gasteiger partial charge on any atom is -0.353 e. The highest BCUT2D eigenvalue weighted by Gasteiger charge is 2.20. The lowest BCUT2D eigenvalue weighted by molar-refractivity contribution is 0.357. The topological polar surface area (TPSA) is 29.9 Å². The van der Waals surface area contributed by atoms with Gasteiger partial charge in [-0.15, -0.1) is 0 Å². The SMILES string of the molecule is CCCCn1ccnc1NC(C)C(C)(C)C. The number of imidazole rings is 1. The zero-order valence-corrected chi connectivity index (χ0v) is 11.2. The van der Waals surface area contributed by atoms with Crippen LogP contribution < -0.4 is 5.32 Å². The van der Waals surface area contributed by atoms with E-state index in [2.05, 4.69) is 49.5 Å². The molecule has 0 aliphatic rings. The van der Waals surface area contributed by atoms with E-state index in [0.717, 1.165) is 12.5 Å². The molecule has 0 spiro atoms. The fraction of sp³-hybridized carbons (Fsp3) is 0.769. The summed E-state index contributed by atoms with van der Waals surface area (Å²) in [5.74, 6) is 0.996. The Hall–Kier alpha value is -0.990. The molecule has 0 radical (unpaired) electrons. The van der Waals surface area contributed by atoms with Gasteiger partial charge >= 0.3 is 0 Å². The molecule has 16 heavy (non-hydrogen) atoms. The molecule has 0 fully saturated rings. The van der Waals surface area contributed by atoms with Crippen LogP contribution >= 0.6 is 0 Å². The van der Waals surface area contributed by atoms with E-state index < -0.39 is 0 Å². The van der Waals surface area contributed by atoms with Crippen molar-refractivity contribution in [3.05, 3.63) is 12.4 Å². The number of aromatic nitrogens is 2. The van der Waals surface area contributed by atoms with Gasteiger partial charge in [-0.25, -0.2) is 4.98 Å². The van der Waals surface area contributed by atoms with Crippen LogP contribution in [0.5, 0.6) is 0 Å².